The van der Waals surface area contributed by atoms with Gasteiger partial charge in [0.15, 0.2) is 5.13 Å². The topological polar surface area (TPSA) is 88.2 Å². The molecule has 4 rings (SSSR count). The molecule has 4 aromatic rings. The summed E-state index contributed by atoms with van der Waals surface area (Å²) >= 11 is 8.62. The van der Waals surface area contributed by atoms with Crippen LogP contribution in [-0.4, -0.2) is 25.1 Å². The molecule has 6 nitrogen and oxygen atoms in total. The number of rotatable bonds is 8. The number of sulfonamides is 1. The summed E-state index contributed by atoms with van der Waals surface area (Å²) in [6.07, 6.45) is 0. The Morgan fingerprint density at radius 1 is 0.970 bits per heavy atom. The molecular formula is C23H18ClN3O3S3. The van der Waals surface area contributed by atoms with E-state index in [2.05, 4.69) is 15.0 Å². The van der Waals surface area contributed by atoms with Crippen molar-refractivity contribution in [1.29, 1.82) is 0 Å². The van der Waals surface area contributed by atoms with Gasteiger partial charge in [-0.25, -0.2) is 13.4 Å². The van der Waals surface area contributed by atoms with Crippen LogP contribution in [0.15, 0.2) is 94.0 Å². The van der Waals surface area contributed by atoms with Crippen LogP contribution in [0.3, 0.4) is 0 Å². The van der Waals surface area contributed by atoms with E-state index in [9.17, 15) is 13.2 Å². The summed E-state index contributed by atoms with van der Waals surface area (Å²) in [5.41, 5.74) is 2.15. The summed E-state index contributed by atoms with van der Waals surface area (Å²) in [5, 5.41) is 5.86. The van der Waals surface area contributed by atoms with E-state index in [-0.39, 0.29) is 16.6 Å². The molecule has 33 heavy (non-hydrogen) atoms. The number of carbonyl (C=O) groups excluding carboxylic acids is 1. The van der Waals surface area contributed by atoms with Crippen molar-refractivity contribution in [2.24, 2.45) is 0 Å². The van der Waals surface area contributed by atoms with E-state index in [1.165, 1.54) is 35.2 Å². The summed E-state index contributed by atoms with van der Waals surface area (Å²) in [7, 11) is -3.64. The highest BCUT2D eigenvalue weighted by Crippen LogP contribution is 2.27. The zero-order valence-corrected chi connectivity index (χ0v) is 20.3. The Hall–Kier alpha value is -2.85. The van der Waals surface area contributed by atoms with E-state index in [1.807, 2.05) is 17.5 Å². The van der Waals surface area contributed by atoms with Crippen molar-refractivity contribution >= 4 is 61.4 Å². The highest BCUT2D eigenvalue weighted by molar-refractivity contribution is 8.00. The number of amides is 1. The van der Waals surface area contributed by atoms with E-state index in [0.29, 0.717) is 15.8 Å². The van der Waals surface area contributed by atoms with Gasteiger partial charge in [0.2, 0.25) is 5.91 Å². The number of carbonyl (C=O) groups is 1. The van der Waals surface area contributed by atoms with Gasteiger partial charge in [-0.1, -0.05) is 41.9 Å². The van der Waals surface area contributed by atoms with Crippen LogP contribution in [0.2, 0.25) is 5.02 Å². The number of nitrogens with one attached hydrogen (secondary N) is 2. The fourth-order valence-electron chi connectivity index (χ4n) is 2.82. The minimum atomic E-state index is -3.64. The van der Waals surface area contributed by atoms with Crippen LogP contribution in [0.5, 0.6) is 0 Å². The summed E-state index contributed by atoms with van der Waals surface area (Å²) < 4.78 is 27.4. The van der Waals surface area contributed by atoms with Gasteiger partial charge in [0.1, 0.15) is 0 Å². The Balaban J connectivity index is 1.30. The number of benzene rings is 3. The molecule has 3 aromatic carbocycles. The van der Waals surface area contributed by atoms with E-state index in [4.69, 9.17) is 11.6 Å². The Morgan fingerprint density at radius 2 is 1.67 bits per heavy atom. The van der Waals surface area contributed by atoms with Gasteiger partial charge in [-0.15, -0.1) is 23.1 Å². The first kappa shape index (κ1) is 23.3. The molecule has 168 valence electrons. The number of hydrogen-bond acceptors (Lipinski definition) is 6. The number of thiazole rings is 1. The quantitative estimate of drug-likeness (QED) is 0.281. The van der Waals surface area contributed by atoms with Crippen molar-refractivity contribution in [2.45, 2.75) is 9.79 Å². The van der Waals surface area contributed by atoms with Crippen LogP contribution >= 0.6 is 34.7 Å². The van der Waals surface area contributed by atoms with Crippen LogP contribution in [0.4, 0.5) is 10.8 Å². The zero-order chi connectivity index (χ0) is 23.3. The summed E-state index contributed by atoms with van der Waals surface area (Å²) in [4.78, 5) is 17.8. The van der Waals surface area contributed by atoms with Crippen molar-refractivity contribution in [3.8, 4) is 11.3 Å². The molecule has 0 aliphatic heterocycles. The second kappa shape index (κ2) is 10.4. The lowest BCUT2D eigenvalue weighted by Crippen LogP contribution is -2.14. The van der Waals surface area contributed by atoms with Crippen LogP contribution in [0, 0.1) is 0 Å². The molecule has 2 N–H and O–H groups in total. The van der Waals surface area contributed by atoms with Gasteiger partial charge >= 0.3 is 0 Å². The molecular weight excluding hydrogens is 498 g/mol. The number of hydrogen-bond donors (Lipinski definition) is 2. The first-order valence-corrected chi connectivity index (χ1v) is 13.4. The Labute approximate surface area is 205 Å². The second-order valence-electron chi connectivity index (χ2n) is 6.82. The largest absolute Gasteiger partial charge is 0.301 e. The lowest BCUT2D eigenvalue weighted by atomic mass is 10.2. The molecule has 0 saturated carbocycles. The van der Waals surface area contributed by atoms with Crippen molar-refractivity contribution in [3.63, 3.8) is 0 Å². The molecule has 10 heteroatoms. The van der Waals surface area contributed by atoms with Gasteiger partial charge in [0.05, 0.1) is 16.3 Å². The monoisotopic (exact) mass is 515 g/mol. The minimum Gasteiger partial charge on any atom is -0.301 e. The van der Waals surface area contributed by atoms with Gasteiger partial charge < -0.3 is 5.32 Å². The predicted octanol–water partition coefficient (Wildman–Crippen LogP) is 6.00. The Morgan fingerprint density at radius 3 is 2.36 bits per heavy atom. The van der Waals surface area contributed by atoms with Gasteiger partial charge in [0, 0.05) is 26.5 Å². The lowest BCUT2D eigenvalue weighted by molar-refractivity contribution is -0.113. The number of thioether (sulfide) groups is 1. The molecule has 0 bridgehead atoms. The third-order valence-corrected chi connectivity index (χ3v) is 7.84. The lowest BCUT2D eigenvalue weighted by Gasteiger charge is -2.09. The van der Waals surface area contributed by atoms with Crippen LogP contribution < -0.4 is 10.0 Å². The van der Waals surface area contributed by atoms with E-state index < -0.39 is 10.0 Å². The van der Waals surface area contributed by atoms with Crippen molar-refractivity contribution in [2.75, 3.05) is 15.8 Å². The normalized spacial score (nSPS) is 11.2. The molecule has 0 radical (unpaired) electrons. The van der Waals surface area contributed by atoms with Crippen molar-refractivity contribution < 1.29 is 13.2 Å². The average molecular weight is 516 g/mol. The van der Waals surface area contributed by atoms with Crippen molar-refractivity contribution in [3.05, 3.63) is 89.3 Å². The van der Waals surface area contributed by atoms with Gasteiger partial charge in [-0.05, 0) is 48.5 Å². The van der Waals surface area contributed by atoms with Gasteiger partial charge in [0.25, 0.3) is 10.0 Å². The maximum atomic E-state index is 12.4. The molecule has 1 amide bonds. The molecule has 0 atom stereocenters. The second-order valence-corrected chi connectivity index (χ2v) is 10.9. The Bertz CT molecular complexity index is 1340. The molecule has 0 aliphatic carbocycles. The SMILES string of the molecule is O=C(CSc1ccc(NS(=O)(=O)c2ccccc2)cc1)Nc1nc(-c2ccc(Cl)cc2)cs1. The molecule has 0 unspecified atom stereocenters. The number of aromatic nitrogens is 1. The van der Waals surface area contributed by atoms with Gasteiger partial charge in [-0.3, -0.25) is 9.52 Å². The van der Waals surface area contributed by atoms with Crippen LogP contribution in [0.25, 0.3) is 11.3 Å². The van der Waals surface area contributed by atoms with Crippen LogP contribution in [-0.2, 0) is 14.8 Å². The molecule has 0 fully saturated rings. The van der Waals surface area contributed by atoms with E-state index in [1.54, 1.807) is 54.6 Å². The number of halogens is 1. The van der Waals surface area contributed by atoms with E-state index in [0.717, 1.165) is 16.2 Å². The van der Waals surface area contributed by atoms with Crippen molar-refractivity contribution in [1.82, 2.24) is 4.98 Å². The third-order valence-electron chi connectivity index (χ3n) is 4.42. The smallest absolute Gasteiger partial charge is 0.261 e. The third kappa shape index (κ3) is 6.35. The first-order chi connectivity index (χ1) is 15.9. The van der Waals surface area contributed by atoms with E-state index >= 15 is 0 Å². The summed E-state index contributed by atoms with van der Waals surface area (Å²) in [6, 6.07) is 22.4. The fourth-order valence-corrected chi connectivity index (χ4v) is 5.46. The molecule has 1 aromatic heterocycles. The maximum absolute atomic E-state index is 12.4. The summed E-state index contributed by atoms with van der Waals surface area (Å²) in [6.45, 7) is 0. The Kier molecular flexibility index (Phi) is 7.34. The average Bonchev–Trinajstić information content (AvgIpc) is 3.28. The summed E-state index contributed by atoms with van der Waals surface area (Å²) in [5.74, 6) is 0.0242. The molecule has 0 aliphatic rings. The number of nitrogens with zero attached hydrogens (tertiary/aromatic N) is 1. The highest BCUT2D eigenvalue weighted by atomic mass is 35.5. The minimum absolute atomic E-state index is 0.175. The number of anilines is 2. The standard InChI is InChI=1S/C23H18ClN3O3S3/c24-17-8-6-16(7-9-17)21-14-32-23(25-21)26-22(28)15-31-19-12-10-18(11-13-19)27-33(29,30)20-4-2-1-3-5-20/h1-14,27H,15H2,(H,25,26,28). The molecule has 0 spiro atoms. The van der Waals surface area contributed by atoms with Crippen LogP contribution in [0.1, 0.15) is 0 Å². The zero-order valence-electron chi connectivity index (χ0n) is 17.1. The molecule has 1 heterocycles. The van der Waals surface area contributed by atoms with Gasteiger partial charge in [-0.2, -0.15) is 0 Å². The highest BCUT2D eigenvalue weighted by Gasteiger charge is 2.13. The first-order valence-electron chi connectivity index (χ1n) is 9.71. The fraction of sp³-hybridized carbons (Fsp3) is 0.0435. The molecule has 0 saturated heterocycles. The predicted molar refractivity (Wildman–Crippen MR) is 136 cm³/mol. The maximum Gasteiger partial charge on any atom is 0.261 e.